The van der Waals surface area contributed by atoms with Crippen LogP contribution in [0.1, 0.15) is 43.5 Å². The van der Waals surface area contributed by atoms with Crippen LogP contribution in [0.15, 0.2) is 58.5 Å². The van der Waals surface area contributed by atoms with E-state index in [2.05, 4.69) is 4.99 Å². The summed E-state index contributed by atoms with van der Waals surface area (Å²) >= 11 is 0. The van der Waals surface area contributed by atoms with Gasteiger partial charge in [0.2, 0.25) is 10.0 Å². The van der Waals surface area contributed by atoms with E-state index in [1.54, 1.807) is 36.5 Å². The number of piperidine rings is 1. The van der Waals surface area contributed by atoms with E-state index in [1.807, 2.05) is 19.9 Å². The molecule has 144 valence electrons. The van der Waals surface area contributed by atoms with E-state index in [1.165, 1.54) is 14.9 Å². The summed E-state index contributed by atoms with van der Waals surface area (Å²) in [5.74, 6) is -0.300. The SMILES string of the molecule is CC(C)N=c1ccccn1C(=O)c1cccc(S(=O)(=O)N2CCCCC2)c1. The van der Waals surface area contributed by atoms with Crippen molar-refractivity contribution < 1.29 is 13.2 Å². The fourth-order valence-corrected chi connectivity index (χ4v) is 4.72. The maximum absolute atomic E-state index is 13.0. The molecule has 1 aliphatic heterocycles. The van der Waals surface area contributed by atoms with Crippen LogP contribution in [0.5, 0.6) is 0 Å². The van der Waals surface area contributed by atoms with Gasteiger partial charge in [-0.2, -0.15) is 4.31 Å². The van der Waals surface area contributed by atoms with E-state index in [0.29, 0.717) is 24.1 Å². The number of sulfonamides is 1. The van der Waals surface area contributed by atoms with Crippen LogP contribution in [0.2, 0.25) is 0 Å². The van der Waals surface area contributed by atoms with Gasteiger partial charge in [0.15, 0.2) is 0 Å². The number of hydrogen-bond acceptors (Lipinski definition) is 4. The van der Waals surface area contributed by atoms with Gasteiger partial charge in [-0.1, -0.05) is 18.6 Å². The maximum Gasteiger partial charge on any atom is 0.263 e. The van der Waals surface area contributed by atoms with Gasteiger partial charge in [-0.05, 0) is 57.0 Å². The molecule has 3 rings (SSSR count). The number of aromatic nitrogens is 1. The zero-order chi connectivity index (χ0) is 19.4. The summed E-state index contributed by atoms with van der Waals surface area (Å²) in [4.78, 5) is 17.6. The van der Waals surface area contributed by atoms with Gasteiger partial charge in [0.25, 0.3) is 5.91 Å². The number of carbonyl (C=O) groups is 1. The second kappa shape index (κ2) is 8.19. The summed E-state index contributed by atoms with van der Waals surface area (Å²) in [6.45, 7) is 4.94. The summed E-state index contributed by atoms with van der Waals surface area (Å²) < 4.78 is 28.8. The van der Waals surface area contributed by atoms with Crippen LogP contribution >= 0.6 is 0 Å². The maximum atomic E-state index is 13.0. The molecule has 0 radical (unpaired) electrons. The minimum Gasteiger partial charge on any atom is -0.268 e. The normalized spacial score (nSPS) is 16.6. The van der Waals surface area contributed by atoms with Gasteiger partial charge >= 0.3 is 0 Å². The Morgan fingerprint density at radius 3 is 2.48 bits per heavy atom. The van der Waals surface area contributed by atoms with Gasteiger partial charge in [-0.25, -0.2) is 8.42 Å². The summed E-state index contributed by atoms with van der Waals surface area (Å²) in [5.41, 5.74) is 0.867. The first-order valence-electron chi connectivity index (χ1n) is 9.26. The van der Waals surface area contributed by atoms with Crippen molar-refractivity contribution in [2.24, 2.45) is 4.99 Å². The Bertz CT molecular complexity index is 987. The number of rotatable bonds is 4. The van der Waals surface area contributed by atoms with Gasteiger partial charge in [0.1, 0.15) is 5.49 Å². The molecular formula is C20H25N3O3S. The monoisotopic (exact) mass is 387 g/mol. The van der Waals surface area contributed by atoms with Crippen LogP contribution in [0.3, 0.4) is 0 Å². The second-order valence-corrected chi connectivity index (χ2v) is 8.89. The topological polar surface area (TPSA) is 71.7 Å². The zero-order valence-electron chi connectivity index (χ0n) is 15.7. The van der Waals surface area contributed by atoms with E-state index in [0.717, 1.165) is 19.3 Å². The Morgan fingerprint density at radius 2 is 1.78 bits per heavy atom. The first kappa shape index (κ1) is 19.5. The predicted molar refractivity (Wildman–Crippen MR) is 104 cm³/mol. The highest BCUT2D eigenvalue weighted by Gasteiger charge is 2.26. The quantitative estimate of drug-likeness (QED) is 0.810. The van der Waals surface area contributed by atoms with Crippen molar-refractivity contribution in [2.45, 2.75) is 44.0 Å². The molecule has 1 fully saturated rings. The van der Waals surface area contributed by atoms with Crippen molar-refractivity contribution in [3.05, 3.63) is 59.7 Å². The third-order valence-corrected chi connectivity index (χ3v) is 6.38. The van der Waals surface area contributed by atoms with Gasteiger partial charge in [0.05, 0.1) is 4.90 Å². The van der Waals surface area contributed by atoms with E-state index >= 15 is 0 Å². The van der Waals surface area contributed by atoms with Crippen molar-refractivity contribution >= 4 is 15.9 Å². The first-order valence-corrected chi connectivity index (χ1v) is 10.7. The number of benzene rings is 1. The molecule has 2 aromatic rings. The minimum absolute atomic E-state index is 0.0391. The van der Waals surface area contributed by atoms with Crippen LogP contribution in [-0.4, -0.2) is 42.3 Å². The summed E-state index contributed by atoms with van der Waals surface area (Å²) in [7, 11) is -3.58. The molecule has 0 N–H and O–H groups in total. The van der Waals surface area contributed by atoms with Crippen molar-refractivity contribution in [3.63, 3.8) is 0 Å². The van der Waals surface area contributed by atoms with Crippen molar-refractivity contribution in [1.82, 2.24) is 8.87 Å². The Kier molecular flexibility index (Phi) is 5.92. The smallest absolute Gasteiger partial charge is 0.263 e. The molecule has 1 aromatic heterocycles. The van der Waals surface area contributed by atoms with Gasteiger partial charge < -0.3 is 0 Å². The summed E-state index contributed by atoms with van der Waals surface area (Å²) in [6.07, 6.45) is 4.45. The highest BCUT2D eigenvalue weighted by atomic mass is 32.2. The molecule has 0 bridgehead atoms. The van der Waals surface area contributed by atoms with E-state index in [9.17, 15) is 13.2 Å². The van der Waals surface area contributed by atoms with Crippen molar-refractivity contribution in [2.75, 3.05) is 13.1 Å². The lowest BCUT2D eigenvalue weighted by molar-refractivity contribution is 0.0954. The second-order valence-electron chi connectivity index (χ2n) is 6.95. The Labute approximate surface area is 160 Å². The molecule has 1 saturated heterocycles. The van der Waals surface area contributed by atoms with Crippen molar-refractivity contribution in [1.29, 1.82) is 0 Å². The van der Waals surface area contributed by atoms with E-state index < -0.39 is 10.0 Å². The average Bonchev–Trinajstić information content (AvgIpc) is 2.68. The molecule has 0 unspecified atom stereocenters. The van der Waals surface area contributed by atoms with E-state index in [-0.39, 0.29) is 16.8 Å². The molecule has 1 aromatic carbocycles. The highest BCUT2D eigenvalue weighted by Crippen LogP contribution is 2.21. The van der Waals surface area contributed by atoms with Crippen LogP contribution < -0.4 is 5.49 Å². The Morgan fingerprint density at radius 1 is 1.04 bits per heavy atom. The Balaban J connectivity index is 1.98. The number of pyridine rings is 1. The zero-order valence-corrected chi connectivity index (χ0v) is 16.5. The lowest BCUT2D eigenvalue weighted by Gasteiger charge is -2.26. The third kappa shape index (κ3) is 4.36. The number of hydrogen-bond donors (Lipinski definition) is 0. The first-order chi connectivity index (χ1) is 12.9. The van der Waals surface area contributed by atoms with E-state index in [4.69, 9.17) is 0 Å². The van der Waals surface area contributed by atoms with Gasteiger partial charge in [-0.3, -0.25) is 14.4 Å². The number of nitrogens with zero attached hydrogens (tertiary/aromatic N) is 3. The summed E-state index contributed by atoms with van der Waals surface area (Å²) in [5, 5.41) is 0. The molecule has 2 heterocycles. The van der Waals surface area contributed by atoms with Crippen LogP contribution in [0.4, 0.5) is 0 Å². The number of carbonyl (C=O) groups excluding carboxylic acids is 1. The Hall–Kier alpha value is -2.25. The average molecular weight is 388 g/mol. The van der Waals surface area contributed by atoms with Gasteiger partial charge in [-0.15, -0.1) is 0 Å². The molecular weight excluding hydrogens is 362 g/mol. The standard InChI is InChI=1S/C20H25N3O3S/c1-16(2)21-19-11-4-7-14-23(19)20(24)17-9-8-10-18(15-17)27(25,26)22-12-5-3-6-13-22/h4,7-11,14-16H,3,5-6,12-13H2,1-2H3. The van der Waals surface area contributed by atoms with Crippen LogP contribution in [-0.2, 0) is 10.0 Å². The molecule has 0 aliphatic carbocycles. The predicted octanol–water partition coefficient (Wildman–Crippen LogP) is 2.66. The van der Waals surface area contributed by atoms with Crippen molar-refractivity contribution in [3.8, 4) is 0 Å². The molecule has 0 amide bonds. The minimum atomic E-state index is -3.58. The molecule has 0 saturated carbocycles. The molecule has 6 nitrogen and oxygen atoms in total. The summed E-state index contributed by atoms with van der Waals surface area (Å²) in [6, 6.07) is 11.7. The highest BCUT2D eigenvalue weighted by molar-refractivity contribution is 7.89. The fraction of sp³-hybridized carbons (Fsp3) is 0.400. The molecule has 27 heavy (non-hydrogen) atoms. The van der Waals surface area contributed by atoms with Gasteiger partial charge in [0, 0.05) is 30.9 Å². The largest absolute Gasteiger partial charge is 0.268 e. The van der Waals surface area contributed by atoms with Crippen LogP contribution in [0.25, 0.3) is 0 Å². The lowest BCUT2D eigenvalue weighted by atomic mass is 10.2. The molecule has 7 heteroatoms. The molecule has 0 spiro atoms. The van der Waals surface area contributed by atoms with Crippen LogP contribution in [0, 0.1) is 0 Å². The third-order valence-electron chi connectivity index (χ3n) is 4.48. The molecule has 0 atom stereocenters. The lowest BCUT2D eigenvalue weighted by Crippen LogP contribution is -2.35. The molecule has 1 aliphatic rings. The fourth-order valence-electron chi connectivity index (χ4n) is 3.16.